The highest BCUT2D eigenvalue weighted by atomic mass is 28.3. The average molecular weight is 344 g/mol. The van der Waals surface area contributed by atoms with Gasteiger partial charge in [0.15, 0.2) is 0 Å². The van der Waals surface area contributed by atoms with Crippen LogP contribution in [0.3, 0.4) is 0 Å². The lowest BCUT2D eigenvalue weighted by Crippen LogP contribution is -2.45. The molecule has 0 unspecified atom stereocenters. The maximum Gasteiger partial charge on any atom is 0.405 e. The quantitative estimate of drug-likeness (QED) is 0.606. The minimum atomic E-state index is -1.50. The van der Waals surface area contributed by atoms with Gasteiger partial charge in [-0.05, 0) is 37.1 Å². The summed E-state index contributed by atoms with van der Waals surface area (Å²) in [5, 5.41) is 11.7. The summed E-state index contributed by atoms with van der Waals surface area (Å²) in [6, 6.07) is 5.28. The molecule has 6 heteroatoms. The van der Waals surface area contributed by atoms with E-state index in [4.69, 9.17) is 5.11 Å². The van der Waals surface area contributed by atoms with Crippen molar-refractivity contribution in [2.75, 3.05) is 4.90 Å². The lowest BCUT2D eigenvalue weighted by atomic mass is 9.90. The van der Waals surface area contributed by atoms with Crippen LogP contribution in [0.25, 0.3) is 0 Å². The van der Waals surface area contributed by atoms with E-state index in [9.17, 15) is 9.59 Å². The second kappa shape index (κ2) is 6.69. The fraction of sp³-hybridized carbons (Fsp3) is 0.444. The fourth-order valence-electron chi connectivity index (χ4n) is 2.97. The van der Waals surface area contributed by atoms with Gasteiger partial charge in [-0.25, -0.2) is 4.79 Å². The van der Waals surface area contributed by atoms with Crippen molar-refractivity contribution in [1.82, 2.24) is 5.32 Å². The van der Waals surface area contributed by atoms with Crippen LogP contribution in [0.2, 0.25) is 19.6 Å². The number of rotatable bonds is 1. The fourth-order valence-corrected chi connectivity index (χ4v) is 3.49. The second-order valence-corrected chi connectivity index (χ2v) is 12.0. The van der Waals surface area contributed by atoms with Gasteiger partial charge in [-0.3, -0.25) is 4.79 Å². The molecule has 0 fully saturated rings. The van der Waals surface area contributed by atoms with Crippen molar-refractivity contribution in [3.63, 3.8) is 0 Å². The van der Waals surface area contributed by atoms with Crippen molar-refractivity contribution in [2.24, 2.45) is 0 Å². The molecule has 1 aromatic rings. The highest BCUT2D eigenvalue weighted by Crippen LogP contribution is 2.37. The van der Waals surface area contributed by atoms with Gasteiger partial charge in [-0.15, -0.1) is 5.54 Å². The number of hydrogen-bond acceptors (Lipinski definition) is 2. The van der Waals surface area contributed by atoms with Gasteiger partial charge in [0.25, 0.3) is 0 Å². The Labute approximate surface area is 144 Å². The van der Waals surface area contributed by atoms with Gasteiger partial charge >= 0.3 is 6.09 Å². The van der Waals surface area contributed by atoms with E-state index in [0.717, 1.165) is 16.8 Å². The lowest BCUT2D eigenvalue weighted by Gasteiger charge is -2.38. The molecule has 0 aromatic heterocycles. The number of carbonyl (C=O) groups is 2. The van der Waals surface area contributed by atoms with Gasteiger partial charge < -0.3 is 15.3 Å². The van der Waals surface area contributed by atoms with Crippen LogP contribution in [-0.2, 0) is 4.79 Å². The Balaban J connectivity index is 2.51. The van der Waals surface area contributed by atoms with Crippen molar-refractivity contribution in [2.45, 2.75) is 52.0 Å². The lowest BCUT2D eigenvalue weighted by molar-refractivity contribution is -0.117. The van der Waals surface area contributed by atoms with Gasteiger partial charge in [0, 0.05) is 24.2 Å². The molecule has 1 aromatic carbocycles. The largest absolute Gasteiger partial charge is 0.465 e. The minimum absolute atomic E-state index is 0.0431. The maximum absolute atomic E-state index is 12.0. The molecule has 5 nitrogen and oxygen atoms in total. The number of amides is 2. The Morgan fingerprint density at radius 1 is 1.33 bits per heavy atom. The first kappa shape index (κ1) is 18.1. The van der Waals surface area contributed by atoms with Gasteiger partial charge in [-0.1, -0.05) is 25.6 Å². The molecule has 1 aliphatic heterocycles. The molecule has 0 radical (unpaired) electrons. The zero-order valence-corrected chi connectivity index (χ0v) is 15.8. The number of anilines is 1. The van der Waals surface area contributed by atoms with E-state index < -0.39 is 14.2 Å². The van der Waals surface area contributed by atoms with Crippen LogP contribution in [0, 0.1) is 11.5 Å². The first-order chi connectivity index (χ1) is 11.1. The molecule has 0 aliphatic carbocycles. The number of nitrogens with zero attached hydrogens (tertiary/aromatic N) is 1. The molecule has 128 valence electrons. The number of fused-ring (bicyclic) bond motifs is 1. The zero-order chi connectivity index (χ0) is 18.1. The summed E-state index contributed by atoms with van der Waals surface area (Å²) in [5.74, 6) is 3.15. The molecule has 2 atom stereocenters. The van der Waals surface area contributed by atoms with Crippen LogP contribution in [0.1, 0.15) is 37.4 Å². The predicted octanol–water partition coefficient (Wildman–Crippen LogP) is 3.37. The van der Waals surface area contributed by atoms with Crippen LogP contribution in [-0.4, -0.2) is 31.2 Å². The summed E-state index contributed by atoms with van der Waals surface area (Å²) < 4.78 is 0. The van der Waals surface area contributed by atoms with E-state index in [1.54, 1.807) is 4.90 Å². The van der Waals surface area contributed by atoms with Gasteiger partial charge in [-0.2, -0.15) is 0 Å². The molecule has 0 spiro atoms. The third kappa shape index (κ3) is 4.18. The summed E-state index contributed by atoms with van der Waals surface area (Å²) in [4.78, 5) is 24.9. The van der Waals surface area contributed by atoms with Crippen molar-refractivity contribution in [3.05, 3.63) is 29.3 Å². The first-order valence-electron chi connectivity index (χ1n) is 8.05. The van der Waals surface area contributed by atoms with Crippen LogP contribution in [0.4, 0.5) is 10.5 Å². The Morgan fingerprint density at radius 3 is 2.54 bits per heavy atom. The molecule has 2 amide bonds. The van der Waals surface area contributed by atoms with Crippen molar-refractivity contribution in [1.29, 1.82) is 0 Å². The molecule has 0 bridgehead atoms. The van der Waals surface area contributed by atoms with Crippen molar-refractivity contribution < 1.29 is 14.7 Å². The van der Waals surface area contributed by atoms with Crippen LogP contribution < -0.4 is 10.2 Å². The molecule has 2 rings (SSSR count). The first-order valence-corrected chi connectivity index (χ1v) is 11.5. The molecule has 1 heterocycles. The summed E-state index contributed by atoms with van der Waals surface area (Å²) in [7, 11) is -1.50. The molecular formula is C18H24N2O3Si. The third-order valence-corrected chi connectivity index (χ3v) is 4.77. The molecule has 0 saturated heterocycles. The number of hydrogen-bond donors (Lipinski definition) is 2. The van der Waals surface area contributed by atoms with Crippen molar-refractivity contribution >= 4 is 25.8 Å². The Hall–Kier alpha value is -2.26. The monoisotopic (exact) mass is 344 g/mol. The Bertz CT molecular complexity index is 728. The summed E-state index contributed by atoms with van der Waals surface area (Å²) in [6.45, 7) is 9.98. The van der Waals surface area contributed by atoms with Crippen LogP contribution in [0.5, 0.6) is 0 Å². The molecule has 2 N–H and O–H groups in total. The van der Waals surface area contributed by atoms with Gasteiger partial charge in [0.1, 0.15) is 8.07 Å². The number of carboxylic acid groups (broad SMARTS) is 1. The van der Waals surface area contributed by atoms with E-state index >= 15 is 0 Å². The molecule has 24 heavy (non-hydrogen) atoms. The van der Waals surface area contributed by atoms with E-state index in [-0.39, 0.29) is 18.0 Å². The Morgan fingerprint density at radius 2 is 2.00 bits per heavy atom. The number of benzene rings is 1. The standard InChI is InChI=1S/C18H24N2O3Si/c1-12-10-16(19-18(22)23)15-11-14(8-9-24(3,4)5)6-7-17(15)20(12)13(2)21/h6-7,11-12,16,19H,10H2,1-5H3,(H,22,23)/t12-,16+/m0/s1. The zero-order valence-electron chi connectivity index (χ0n) is 14.8. The molecule has 0 saturated carbocycles. The van der Waals surface area contributed by atoms with Crippen molar-refractivity contribution in [3.8, 4) is 11.5 Å². The highest BCUT2D eigenvalue weighted by molar-refractivity contribution is 6.83. The predicted molar refractivity (Wildman–Crippen MR) is 97.8 cm³/mol. The van der Waals surface area contributed by atoms with Gasteiger partial charge in [0.05, 0.1) is 6.04 Å². The summed E-state index contributed by atoms with van der Waals surface area (Å²) in [5.41, 5.74) is 5.74. The SMILES string of the molecule is CC(=O)N1c2ccc(C#C[Si](C)(C)C)cc2[C@H](NC(=O)O)C[C@@H]1C. The summed E-state index contributed by atoms with van der Waals surface area (Å²) in [6.07, 6.45) is -0.517. The second-order valence-electron chi connectivity index (χ2n) is 7.25. The maximum atomic E-state index is 12.0. The van der Waals surface area contributed by atoms with Crippen LogP contribution in [0.15, 0.2) is 18.2 Å². The van der Waals surface area contributed by atoms with E-state index in [1.807, 2.05) is 25.1 Å². The number of nitrogens with one attached hydrogen (secondary N) is 1. The number of carbonyl (C=O) groups excluding carboxylic acids is 1. The van der Waals surface area contributed by atoms with E-state index in [1.165, 1.54) is 6.92 Å². The minimum Gasteiger partial charge on any atom is -0.465 e. The topological polar surface area (TPSA) is 69.6 Å². The van der Waals surface area contributed by atoms with Crippen LogP contribution >= 0.6 is 0 Å². The van der Waals surface area contributed by atoms with Gasteiger partial charge in [0.2, 0.25) is 5.91 Å². The van der Waals surface area contributed by atoms with E-state index in [2.05, 4.69) is 36.4 Å². The van der Waals surface area contributed by atoms with E-state index in [0.29, 0.717) is 6.42 Å². The Kier molecular flexibility index (Phi) is 5.04. The molecule has 1 aliphatic rings. The average Bonchev–Trinajstić information content (AvgIpc) is 2.43. The summed E-state index contributed by atoms with van der Waals surface area (Å²) >= 11 is 0. The normalized spacial score (nSPS) is 19.8. The molecular weight excluding hydrogens is 320 g/mol. The third-order valence-electron chi connectivity index (χ3n) is 3.90. The smallest absolute Gasteiger partial charge is 0.405 e. The highest BCUT2D eigenvalue weighted by Gasteiger charge is 2.33.